The summed E-state index contributed by atoms with van der Waals surface area (Å²) in [6.45, 7) is 3.36. The Hall–Kier alpha value is -0.610. The highest BCUT2D eigenvalue weighted by atomic mass is 16.3. The molecule has 4 nitrogen and oxygen atoms in total. The number of carbonyl (C=O) groups is 1. The van der Waals surface area contributed by atoms with Crippen molar-refractivity contribution in [3.8, 4) is 0 Å². The van der Waals surface area contributed by atoms with E-state index in [0.29, 0.717) is 18.5 Å². The van der Waals surface area contributed by atoms with Gasteiger partial charge in [-0.25, -0.2) is 0 Å². The van der Waals surface area contributed by atoms with Gasteiger partial charge in [-0.3, -0.25) is 4.79 Å². The molecular weight excluding hydrogens is 228 g/mol. The third kappa shape index (κ3) is 3.04. The van der Waals surface area contributed by atoms with Crippen LogP contribution in [0.25, 0.3) is 0 Å². The van der Waals surface area contributed by atoms with Crippen molar-refractivity contribution in [3.05, 3.63) is 0 Å². The van der Waals surface area contributed by atoms with Crippen molar-refractivity contribution in [1.29, 1.82) is 0 Å². The summed E-state index contributed by atoms with van der Waals surface area (Å²) < 4.78 is 0. The fourth-order valence-corrected chi connectivity index (χ4v) is 3.45. The summed E-state index contributed by atoms with van der Waals surface area (Å²) >= 11 is 0. The van der Waals surface area contributed by atoms with E-state index < -0.39 is 0 Å². The maximum atomic E-state index is 12.4. The first-order valence-corrected chi connectivity index (χ1v) is 7.42. The molecule has 1 saturated heterocycles. The van der Waals surface area contributed by atoms with Crippen molar-refractivity contribution >= 4 is 5.91 Å². The van der Waals surface area contributed by atoms with E-state index in [0.717, 1.165) is 19.4 Å². The van der Waals surface area contributed by atoms with Gasteiger partial charge in [-0.1, -0.05) is 19.8 Å². The molecule has 0 aromatic heterocycles. The summed E-state index contributed by atoms with van der Waals surface area (Å²) in [7, 11) is 0. The van der Waals surface area contributed by atoms with E-state index >= 15 is 0 Å². The van der Waals surface area contributed by atoms with Crippen molar-refractivity contribution in [1.82, 2.24) is 10.2 Å². The van der Waals surface area contributed by atoms with Gasteiger partial charge in [0.05, 0.1) is 12.6 Å². The van der Waals surface area contributed by atoms with Gasteiger partial charge in [0.25, 0.3) is 0 Å². The predicted octanol–water partition coefficient (Wildman–Crippen LogP) is 1.14. The topological polar surface area (TPSA) is 52.6 Å². The molecule has 104 valence electrons. The van der Waals surface area contributed by atoms with Gasteiger partial charge in [0, 0.05) is 19.1 Å². The van der Waals surface area contributed by atoms with Gasteiger partial charge in [0.1, 0.15) is 0 Å². The quantitative estimate of drug-likeness (QED) is 0.773. The normalized spacial score (nSPS) is 31.1. The lowest BCUT2D eigenvalue weighted by Gasteiger charge is -2.25. The van der Waals surface area contributed by atoms with Crippen LogP contribution in [0.5, 0.6) is 0 Å². The average molecular weight is 254 g/mol. The minimum atomic E-state index is -0.00352. The van der Waals surface area contributed by atoms with E-state index in [9.17, 15) is 4.79 Å². The molecule has 1 heterocycles. The lowest BCUT2D eigenvalue weighted by atomic mass is 9.85. The molecule has 0 spiro atoms. The number of hydrogen-bond donors (Lipinski definition) is 2. The third-order valence-corrected chi connectivity index (χ3v) is 4.34. The third-order valence-electron chi connectivity index (χ3n) is 4.34. The molecule has 2 rings (SSSR count). The second-order valence-corrected chi connectivity index (χ2v) is 5.65. The second kappa shape index (κ2) is 6.53. The summed E-state index contributed by atoms with van der Waals surface area (Å²) in [5, 5.41) is 12.6. The first-order chi connectivity index (χ1) is 8.76. The Morgan fingerprint density at radius 3 is 2.78 bits per heavy atom. The van der Waals surface area contributed by atoms with Crippen LogP contribution in [-0.4, -0.2) is 47.7 Å². The molecule has 0 bridgehead atoms. The van der Waals surface area contributed by atoms with E-state index in [1.54, 1.807) is 0 Å². The Bertz CT molecular complexity index is 263. The number of rotatable bonds is 5. The van der Waals surface area contributed by atoms with Crippen LogP contribution in [0.1, 0.15) is 45.4 Å². The molecule has 1 aliphatic heterocycles. The highest BCUT2D eigenvalue weighted by Gasteiger charge is 2.39. The molecule has 3 atom stereocenters. The van der Waals surface area contributed by atoms with E-state index in [4.69, 9.17) is 5.11 Å². The maximum Gasteiger partial charge on any atom is 0.239 e. The Morgan fingerprint density at radius 2 is 2.11 bits per heavy atom. The first-order valence-electron chi connectivity index (χ1n) is 7.42. The van der Waals surface area contributed by atoms with Gasteiger partial charge >= 0.3 is 0 Å². The largest absolute Gasteiger partial charge is 0.395 e. The predicted molar refractivity (Wildman–Crippen MR) is 71.2 cm³/mol. The van der Waals surface area contributed by atoms with Crippen molar-refractivity contribution in [2.45, 2.75) is 57.5 Å². The first kappa shape index (κ1) is 13.8. The summed E-state index contributed by atoms with van der Waals surface area (Å²) in [6, 6.07) is 0.557. The van der Waals surface area contributed by atoms with E-state index in [2.05, 4.69) is 12.2 Å². The maximum absolute atomic E-state index is 12.4. The summed E-state index contributed by atoms with van der Waals surface area (Å²) in [5.74, 6) is 0.894. The number of nitrogens with zero attached hydrogens (tertiary/aromatic N) is 1. The molecule has 0 aromatic carbocycles. The van der Waals surface area contributed by atoms with Crippen LogP contribution in [0.2, 0.25) is 0 Å². The van der Waals surface area contributed by atoms with Crippen molar-refractivity contribution < 1.29 is 9.90 Å². The van der Waals surface area contributed by atoms with Gasteiger partial charge in [-0.2, -0.15) is 0 Å². The smallest absolute Gasteiger partial charge is 0.239 e. The summed E-state index contributed by atoms with van der Waals surface area (Å²) in [5.41, 5.74) is 0. The minimum absolute atomic E-state index is 0.00352. The monoisotopic (exact) mass is 254 g/mol. The van der Waals surface area contributed by atoms with Crippen molar-refractivity contribution in [3.63, 3.8) is 0 Å². The zero-order valence-corrected chi connectivity index (χ0v) is 11.4. The van der Waals surface area contributed by atoms with Crippen LogP contribution in [0.3, 0.4) is 0 Å². The second-order valence-electron chi connectivity index (χ2n) is 5.65. The molecule has 2 fully saturated rings. The lowest BCUT2D eigenvalue weighted by molar-refractivity contribution is -0.133. The van der Waals surface area contributed by atoms with Crippen molar-refractivity contribution in [2.24, 2.45) is 5.92 Å². The molecule has 1 amide bonds. The highest BCUT2D eigenvalue weighted by molar-refractivity contribution is 5.82. The number of nitrogens with one attached hydrogen (secondary N) is 1. The molecular formula is C14H26N2O2. The van der Waals surface area contributed by atoms with Crippen LogP contribution in [0, 0.1) is 5.92 Å². The number of aliphatic hydroxyl groups excluding tert-OH is 1. The van der Waals surface area contributed by atoms with Gasteiger partial charge in [-0.15, -0.1) is 0 Å². The van der Waals surface area contributed by atoms with E-state index in [1.807, 2.05) is 4.90 Å². The number of hydrogen-bond acceptors (Lipinski definition) is 3. The molecule has 2 aliphatic rings. The average Bonchev–Trinajstić information content (AvgIpc) is 2.81. The van der Waals surface area contributed by atoms with Gasteiger partial charge < -0.3 is 15.3 Å². The van der Waals surface area contributed by atoms with Crippen LogP contribution in [0.4, 0.5) is 0 Å². The van der Waals surface area contributed by atoms with Crippen LogP contribution < -0.4 is 5.32 Å². The van der Waals surface area contributed by atoms with Crippen molar-refractivity contribution in [2.75, 3.05) is 19.7 Å². The molecule has 4 heteroatoms. The number of aliphatic hydroxyl groups is 1. The SMILES string of the molecule is CCCN(CCO)C(=O)C1CC2CCCCC2N1. The zero-order valence-electron chi connectivity index (χ0n) is 11.4. The number of fused-ring (bicyclic) bond motifs is 1. The summed E-state index contributed by atoms with van der Waals surface area (Å²) in [4.78, 5) is 14.2. The molecule has 0 aromatic rings. The molecule has 0 radical (unpaired) electrons. The van der Waals surface area contributed by atoms with Crippen LogP contribution >= 0.6 is 0 Å². The zero-order chi connectivity index (χ0) is 13.0. The summed E-state index contributed by atoms with van der Waals surface area (Å²) in [6.07, 6.45) is 7.06. The lowest BCUT2D eigenvalue weighted by Crippen LogP contribution is -2.46. The van der Waals surface area contributed by atoms with Gasteiger partial charge in [-0.05, 0) is 31.6 Å². The molecule has 3 unspecified atom stereocenters. The van der Waals surface area contributed by atoms with E-state index in [-0.39, 0.29) is 18.6 Å². The minimum Gasteiger partial charge on any atom is -0.395 e. The molecule has 1 aliphatic carbocycles. The Morgan fingerprint density at radius 1 is 1.33 bits per heavy atom. The molecule has 2 N–H and O–H groups in total. The Balaban J connectivity index is 1.92. The highest BCUT2D eigenvalue weighted by Crippen LogP contribution is 2.33. The number of carbonyl (C=O) groups excluding carboxylic acids is 1. The fraction of sp³-hybridized carbons (Fsp3) is 0.929. The standard InChI is InChI=1S/C14H26N2O2/c1-2-7-16(8-9-17)14(18)13-10-11-5-3-4-6-12(11)15-13/h11-13,15,17H,2-10H2,1H3. The Kier molecular flexibility index (Phi) is 5.01. The molecule has 1 saturated carbocycles. The fourth-order valence-electron chi connectivity index (χ4n) is 3.45. The number of amides is 1. The van der Waals surface area contributed by atoms with Gasteiger partial charge in [0.2, 0.25) is 5.91 Å². The van der Waals surface area contributed by atoms with Crippen LogP contribution in [-0.2, 0) is 4.79 Å². The Labute approximate surface area is 110 Å². The molecule has 18 heavy (non-hydrogen) atoms. The van der Waals surface area contributed by atoms with Crippen LogP contribution in [0.15, 0.2) is 0 Å². The van der Waals surface area contributed by atoms with Gasteiger partial charge in [0.15, 0.2) is 0 Å². The van der Waals surface area contributed by atoms with E-state index in [1.165, 1.54) is 25.7 Å².